The van der Waals surface area contributed by atoms with Gasteiger partial charge in [0.05, 0.1) is 0 Å². The molecule has 1 aromatic rings. The Hall–Kier alpha value is -1.85. The lowest BCUT2D eigenvalue weighted by Crippen LogP contribution is -2.62. The number of nitrogens with one attached hydrogen (secondary N) is 1. The van der Waals surface area contributed by atoms with Crippen molar-refractivity contribution in [2.24, 2.45) is 0 Å². The molecule has 1 aliphatic rings. The molecule has 18 heavy (non-hydrogen) atoms. The van der Waals surface area contributed by atoms with E-state index in [2.05, 4.69) is 15.3 Å². The quantitative estimate of drug-likeness (QED) is 0.789. The Labute approximate surface area is 107 Å². The number of carbonyl (C=O) groups is 1. The second-order valence-corrected chi connectivity index (χ2v) is 4.88. The Morgan fingerprint density at radius 3 is 2.89 bits per heavy atom. The third-order valence-corrected chi connectivity index (χ3v) is 3.42. The normalized spacial score (nSPS) is 18.6. The molecule has 3 N–H and O–H groups in total. The van der Waals surface area contributed by atoms with E-state index in [1.54, 1.807) is 0 Å². The highest BCUT2D eigenvalue weighted by Gasteiger charge is 2.39. The zero-order valence-electron chi connectivity index (χ0n) is 11.0. The molecule has 0 spiro atoms. The first-order chi connectivity index (χ1) is 8.48. The average molecular weight is 249 g/mol. The van der Waals surface area contributed by atoms with E-state index in [-0.39, 0.29) is 5.91 Å². The molecule has 0 bridgehead atoms. The highest BCUT2D eigenvalue weighted by Crippen LogP contribution is 2.29. The molecule has 98 valence electrons. The van der Waals surface area contributed by atoms with Crippen molar-refractivity contribution in [3.63, 3.8) is 0 Å². The molecule has 1 saturated heterocycles. The molecule has 0 aliphatic carbocycles. The molecule has 6 nitrogen and oxygen atoms in total. The van der Waals surface area contributed by atoms with Gasteiger partial charge in [-0.2, -0.15) is 0 Å². The van der Waals surface area contributed by atoms with Crippen molar-refractivity contribution in [1.29, 1.82) is 0 Å². The molecule has 2 rings (SSSR count). The van der Waals surface area contributed by atoms with Crippen molar-refractivity contribution in [1.82, 2.24) is 15.3 Å². The smallest absolute Gasteiger partial charge is 0.245 e. The molecule has 0 unspecified atom stereocenters. The number of rotatable bonds is 2. The van der Waals surface area contributed by atoms with E-state index in [1.807, 2.05) is 25.7 Å². The fraction of sp³-hybridized carbons (Fsp3) is 0.583. The van der Waals surface area contributed by atoms with Crippen molar-refractivity contribution >= 4 is 17.5 Å². The summed E-state index contributed by atoms with van der Waals surface area (Å²) in [6.45, 7) is 7.13. The van der Waals surface area contributed by atoms with Crippen LogP contribution < -0.4 is 16.0 Å². The summed E-state index contributed by atoms with van der Waals surface area (Å²) in [5.41, 5.74) is 6.16. The Bertz CT molecular complexity index is 472. The third-order valence-electron chi connectivity index (χ3n) is 3.42. The first kappa shape index (κ1) is 12.6. The predicted molar refractivity (Wildman–Crippen MR) is 70.3 cm³/mol. The minimum Gasteiger partial charge on any atom is -0.383 e. The second-order valence-electron chi connectivity index (χ2n) is 4.88. The number of aromatic nitrogens is 2. The summed E-state index contributed by atoms with van der Waals surface area (Å²) in [5, 5.41) is 2.87. The fourth-order valence-corrected chi connectivity index (χ4v) is 2.26. The summed E-state index contributed by atoms with van der Waals surface area (Å²) in [5.74, 6) is 1.27. The first-order valence-corrected chi connectivity index (χ1v) is 6.13. The zero-order valence-corrected chi connectivity index (χ0v) is 11.0. The van der Waals surface area contributed by atoms with Crippen molar-refractivity contribution in [3.05, 3.63) is 11.9 Å². The SMILES string of the molecule is CCc1c(N)ncnc1N1CCNC(=O)C1(C)C. The molecule has 1 aromatic heterocycles. The van der Waals surface area contributed by atoms with Gasteiger partial charge in [-0.25, -0.2) is 9.97 Å². The Morgan fingerprint density at radius 2 is 2.22 bits per heavy atom. The van der Waals surface area contributed by atoms with Gasteiger partial charge >= 0.3 is 0 Å². The maximum Gasteiger partial charge on any atom is 0.245 e. The summed E-state index contributed by atoms with van der Waals surface area (Å²) in [6, 6.07) is 0. The Kier molecular flexibility index (Phi) is 3.11. The molecule has 2 heterocycles. The minimum atomic E-state index is -0.622. The molecule has 0 atom stereocenters. The van der Waals surface area contributed by atoms with Crippen LogP contribution in [-0.2, 0) is 11.2 Å². The second kappa shape index (κ2) is 4.44. The van der Waals surface area contributed by atoms with E-state index in [1.165, 1.54) is 6.33 Å². The van der Waals surface area contributed by atoms with Crippen molar-refractivity contribution in [3.8, 4) is 0 Å². The lowest BCUT2D eigenvalue weighted by molar-refractivity contribution is -0.126. The lowest BCUT2D eigenvalue weighted by Gasteiger charge is -2.42. The van der Waals surface area contributed by atoms with Crippen LogP contribution in [0, 0.1) is 0 Å². The largest absolute Gasteiger partial charge is 0.383 e. The van der Waals surface area contributed by atoms with Crippen molar-refractivity contribution in [2.45, 2.75) is 32.7 Å². The minimum absolute atomic E-state index is 0.00740. The van der Waals surface area contributed by atoms with Crippen LogP contribution >= 0.6 is 0 Å². The van der Waals surface area contributed by atoms with Gasteiger partial charge in [0.25, 0.3) is 0 Å². The number of nitrogen functional groups attached to an aromatic ring is 1. The number of nitrogens with two attached hydrogens (primary N) is 1. The topological polar surface area (TPSA) is 84.1 Å². The molecule has 6 heteroatoms. The Morgan fingerprint density at radius 1 is 1.50 bits per heavy atom. The highest BCUT2D eigenvalue weighted by molar-refractivity contribution is 5.90. The van der Waals surface area contributed by atoms with Crippen LogP contribution in [0.5, 0.6) is 0 Å². The zero-order chi connectivity index (χ0) is 13.3. The van der Waals surface area contributed by atoms with Gasteiger partial charge in [0.2, 0.25) is 5.91 Å². The predicted octanol–water partition coefficient (Wildman–Crippen LogP) is 0.336. The van der Waals surface area contributed by atoms with Gasteiger partial charge in [0, 0.05) is 18.7 Å². The summed E-state index contributed by atoms with van der Waals surface area (Å²) >= 11 is 0. The van der Waals surface area contributed by atoms with E-state index < -0.39 is 5.54 Å². The van der Waals surface area contributed by atoms with E-state index in [9.17, 15) is 4.79 Å². The highest BCUT2D eigenvalue weighted by atomic mass is 16.2. The van der Waals surface area contributed by atoms with E-state index in [4.69, 9.17) is 5.73 Å². The van der Waals surface area contributed by atoms with Gasteiger partial charge in [0.15, 0.2) is 0 Å². The Balaban J connectivity index is 2.48. The number of hydrogen-bond acceptors (Lipinski definition) is 5. The maximum atomic E-state index is 12.0. The summed E-state index contributed by atoms with van der Waals surface area (Å²) < 4.78 is 0. The number of nitrogens with zero attached hydrogens (tertiary/aromatic N) is 3. The van der Waals surface area contributed by atoms with Gasteiger partial charge in [-0.15, -0.1) is 0 Å². The summed E-state index contributed by atoms with van der Waals surface area (Å²) in [7, 11) is 0. The van der Waals surface area contributed by atoms with E-state index in [0.717, 1.165) is 24.3 Å². The third kappa shape index (κ3) is 1.87. The van der Waals surface area contributed by atoms with Gasteiger partial charge in [-0.3, -0.25) is 4.79 Å². The van der Waals surface area contributed by atoms with E-state index in [0.29, 0.717) is 12.4 Å². The van der Waals surface area contributed by atoms with Crippen LogP contribution in [0.25, 0.3) is 0 Å². The van der Waals surface area contributed by atoms with Crippen LogP contribution in [0.1, 0.15) is 26.3 Å². The van der Waals surface area contributed by atoms with Crippen molar-refractivity contribution < 1.29 is 4.79 Å². The average Bonchev–Trinajstić information content (AvgIpc) is 2.32. The van der Waals surface area contributed by atoms with Crippen molar-refractivity contribution in [2.75, 3.05) is 23.7 Å². The lowest BCUT2D eigenvalue weighted by atomic mass is 9.98. The fourth-order valence-electron chi connectivity index (χ4n) is 2.26. The molecule has 0 saturated carbocycles. The van der Waals surface area contributed by atoms with Crippen LogP contribution in [0.3, 0.4) is 0 Å². The van der Waals surface area contributed by atoms with Crippen LogP contribution in [0.4, 0.5) is 11.6 Å². The number of piperazine rings is 1. The van der Waals surface area contributed by atoms with Crippen LogP contribution in [0.2, 0.25) is 0 Å². The number of anilines is 2. The molecule has 0 aromatic carbocycles. The first-order valence-electron chi connectivity index (χ1n) is 6.13. The monoisotopic (exact) mass is 249 g/mol. The molecule has 1 fully saturated rings. The summed E-state index contributed by atoms with van der Waals surface area (Å²) in [4.78, 5) is 22.3. The van der Waals surface area contributed by atoms with Gasteiger partial charge in [0.1, 0.15) is 23.5 Å². The molecule has 0 radical (unpaired) electrons. The maximum absolute atomic E-state index is 12.0. The number of hydrogen-bond donors (Lipinski definition) is 2. The van der Waals surface area contributed by atoms with Crippen LogP contribution in [0.15, 0.2) is 6.33 Å². The molecular weight excluding hydrogens is 230 g/mol. The van der Waals surface area contributed by atoms with Gasteiger partial charge in [-0.05, 0) is 20.3 Å². The van der Waals surface area contributed by atoms with Crippen LogP contribution in [-0.4, -0.2) is 34.5 Å². The molecule has 1 amide bonds. The summed E-state index contributed by atoms with van der Waals surface area (Å²) in [6.07, 6.45) is 2.20. The van der Waals surface area contributed by atoms with Gasteiger partial charge in [-0.1, -0.05) is 6.92 Å². The number of carbonyl (C=O) groups excluding carboxylic acids is 1. The standard InChI is InChI=1S/C12H19N5O/c1-4-8-9(13)15-7-16-10(8)17-6-5-14-11(18)12(17,2)3/h7H,4-6H2,1-3H3,(H,14,18)(H2,13,15,16). The molecular formula is C12H19N5O. The van der Waals surface area contributed by atoms with Gasteiger partial charge < -0.3 is 16.0 Å². The molecule has 1 aliphatic heterocycles. The van der Waals surface area contributed by atoms with E-state index >= 15 is 0 Å². The number of amides is 1.